The number of thioether (sulfide) groups is 1. The Kier molecular flexibility index (Phi) is 8.11. The number of aromatic amines is 1. The number of hydrogen-bond donors (Lipinski definition) is 2. The number of ketones is 1. The van der Waals surface area contributed by atoms with Crippen LogP contribution in [0.3, 0.4) is 0 Å². The number of hydrogen-bond acceptors (Lipinski definition) is 5. The van der Waals surface area contributed by atoms with E-state index in [0.717, 1.165) is 28.5 Å². The average molecular weight is 453 g/mol. The molecular weight excluding hydrogens is 424 g/mol. The fraction of sp³-hybridized carbons (Fsp3) is 0.320. The van der Waals surface area contributed by atoms with Crippen molar-refractivity contribution in [2.75, 3.05) is 18.6 Å². The van der Waals surface area contributed by atoms with Gasteiger partial charge in [0.25, 0.3) is 5.91 Å². The Morgan fingerprint density at radius 1 is 1.16 bits per heavy atom. The Balaban J connectivity index is 1.67. The molecule has 0 spiro atoms. The third-order valence-electron chi connectivity index (χ3n) is 5.31. The van der Waals surface area contributed by atoms with Crippen LogP contribution >= 0.6 is 11.8 Å². The maximum atomic E-state index is 12.8. The van der Waals surface area contributed by atoms with Crippen LogP contribution < -0.4 is 5.32 Å². The minimum absolute atomic E-state index is 0.286. The van der Waals surface area contributed by atoms with Crippen LogP contribution in [-0.2, 0) is 16.0 Å². The number of aryl methyl sites for hydroxylation is 2. The van der Waals surface area contributed by atoms with Crippen LogP contribution in [0, 0.1) is 6.92 Å². The third-order valence-corrected chi connectivity index (χ3v) is 5.95. The van der Waals surface area contributed by atoms with Crippen LogP contribution in [0.2, 0.25) is 0 Å². The second-order valence-corrected chi connectivity index (χ2v) is 8.59. The average Bonchev–Trinajstić information content (AvgIpc) is 3.24. The molecule has 0 aliphatic carbocycles. The molecule has 0 bridgehead atoms. The Morgan fingerprint density at radius 3 is 2.66 bits per heavy atom. The molecule has 1 heterocycles. The number of carbonyl (C=O) groups is 3. The first-order valence-corrected chi connectivity index (χ1v) is 12.0. The molecule has 168 valence electrons. The standard InChI is InChI=1S/C25H28N2O4S/c1-4-17-8-6-10-19-20(14-26-23(17)19)22(28)15-31-25(30)21(11-12-32-3)27-24(29)18-9-5-7-16(2)13-18/h5-10,13-14,21,26H,4,11-12,15H2,1-3H3,(H,27,29)/t21-/m1/s1. The molecule has 0 aliphatic heterocycles. The Hall–Kier alpha value is -3.06. The number of amides is 1. The molecule has 0 saturated carbocycles. The van der Waals surface area contributed by atoms with E-state index in [2.05, 4.69) is 17.2 Å². The van der Waals surface area contributed by atoms with Gasteiger partial charge in [0.05, 0.1) is 0 Å². The van der Waals surface area contributed by atoms with E-state index in [1.807, 2.05) is 37.4 Å². The summed E-state index contributed by atoms with van der Waals surface area (Å²) < 4.78 is 5.33. The molecular formula is C25H28N2O4S. The smallest absolute Gasteiger partial charge is 0.329 e. The molecule has 0 saturated heterocycles. The van der Waals surface area contributed by atoms with Crippen molar-refractivity contribution in [3.05, 3.63) is 70.9 Å². The molecule has 0 radical (unpaired) electrons. The molecule has 1 aromatic heterocycles. The van der Waals surface area contributed by atoms with Crippen molar-refractivity contribution in [2.45, 2.75) is 32.7 Å². The number of fused-ring (bicyclic) bond motifs is 1. The van der Waals surface area contributed by atoms with Crippen molar-refractivity contribution in [2.24, 2.45) is 0 Å². The zero-order valence-corrected chi connectivity index (χ0v) is 19.4. The van der Waals surface area contributed by atoms with Crippen LogP contribution in [0.25, 0.3) is 10.9 Å². The van der Waals surface area contributed by atoms with E-state index < -0.39 is 12.0 Å². The van der Waals surface area contributed by atoms with Crippen LogP contribution in [0.5, 0.6) is 0 Å². The molecule has 3 aromatic rings. The molecule has 6 nitrogen and oxygen atoms in total. The predicted molar refractivity (Wildman–Crippen MR) is 128 cm³/mol. The van der Waals surface area contributed by atoms with Gasteiger partial charge in [0, 0.05) is 28.2 Å². The van der Waals surface area contributed by atoms with Crippen molar-refractivity contribution in [1.82, 2.24) is 10.3 Å². The number of benzene rings is 2. The SMILES string of the molecule is CCc1cccc2c(C(=O)COC(=O)[C@@H](CCSC)NC(=O)c3cccc(C)c3)c[nH]c12. The molecule has 7 heteroatoms. The quantitative estimate of drug-likeness (QED) is 0.353. The molecule has 1 atom stereocenters. The highest BCUT2D eigenvalue weighted by atomic mass is 32.2. The van der Waals surface area contributed by atoms with Gasteiger partial charge in [-0.05, 0) is 49.5 Å². The summed E-state index contributed by atoms with van der Waals surface area (Å²) in [7, 11) is 0. The lowest BCUT2D eigenvalue weighted by Gasteiger charge is -2.17. The van der Waals surface area contributed by atoms with E-state index in [9.17, 15) is 14.4 Å². The third kappa shape index (κ3) is 5.59. The summed E-state index contributed by atoms with van der Waals surface area (Å²) in [5.74, 6) is -0.565. The fourth-order valence-corrected chi connectivity index (χ4v) is 4.04. The summed E-state index contributed by atoms with van der Waals surface area (Å²) in [5.41, 5.74) is 3.97. The van der Waals surface area contributed by atoms with Crippen LogP contribution in [0.15, 0.2) is 48.7 Å². The molecule has 2 N–H and O–H groups in total. The summed E-state index contributed by atoms with van der Waals surface area (Å²) in [4.78, 5) is 41.2. The summed E-state index contributed by atoms with van der Waals surface area (Å²) in [6.45, 7) is 3.58. The van der Waals surface area contributed by atoms with Gasteiger partial charge in [0.1, 0.15) is 6.04 Å². The monoisotopic (exact) mass is 452 g/mol. The van der Waals surface area contributed by atoms with E-state index in [1.165, 1.54) is 0 Å². The molecule has 2 aromatic carbocycles. The van der Waals surface area contributed by atoms with Crippen molar-refractivity contribution < 1.29 is 19.1 Å². The Bertz CT molecular complexity index is 1120. The number of Topliss-reactive ketones (excluding diaryl/α,β-unsaturated/α-hetero) is 1. The van der Waals surface area contributed by atoms with Crippen LogP contribution in [-0.4, -0.2) is 47.3 Å². The van der Waals surface area contributed by atoms with Gasteiger partial charge in [0.15, 0.2) is 6.61 Å². The number of rotatable bonds is 10. The van der Waals surface area contributed by atoms with E-state index in [0.29, 0.717) is 23.3 Å². The summed E-state index contributed by atoms with van der Waals surface area (Å²) in [6.07, 6.45) is 4.84. The van der Waals surface area contributed by atoms with Crippen molar-refractivity contribution >= 4 is 40.3 Å². The zero-order valence-electron chi connectivity index (χ0n) is 18.6. The molecule has 3 rings (SSSR count). The van der Waals surface area contributed by atoms with Crippen LogP contribution in [0.1, 0.15) is 45.2 Å². The molecule has 0 unspecified atom stereocenters. The first-order valence-electron chi connectivity index (χ1n) is 10.6. The Labute approximate surface area is 192 Å². The lowest BCUT2D eigenvalue weighted by molar-refractivity contribution is -0.144. The van der Waals surface area contributed by atoms with Gasteiger partial charge in [-0.15, -0.1) is 0 Å². The van der Waals surface area contributed by atoms with Crippen molar-refractivity contribution in [3.8, 4) is 0 Å². The van der Waals surface area contributed by atoms with E-state index >= 15 is 0 Å². The Morgan fingerprint density at radius 2 is 1.94 bits per heavy atom. The number of carbonyl (C=O) groups excluding carboxylic acids is 3. The zero-order chi connectivity index (χ0) is 23.1. The molecule has 0 aliphatic rings. The van der Waals surface area contributed by atoms with Gasteiger partial charge < -0.3 is 15.0 Å². The number of para-hydroxylation sites is 1. The predicted octanol–water partition coefficient (Wildman–Crippen LogP) is 4.32. The van der Waals surface area contributed by atoms with Gasteiger partial charge in [-0.25, -0.2) is 4.79 Å². The normalized spacial score (nSPS) is 11.8. The maximum absolute atomic E-state index is 12.8. The van der Waals surface area contributed by atoms with Crippen molar-refractivity contribution in [1.29, 1.82) is 0 Å². The van der Waals surface area contributed by atoms with Gasteiger partial charge >= 0.3 is 5.97 Å². The summed E-state index contributed by atoms with van der Waals surface area (Å²) in [6, 6.07) is 12.1. The largest absolute Gasteiger partial charge is 0.456 e. The summed E-state index contributed by atoms with van der Waals surface area (Å²) in [5, 5.41) is 3.57. The molecule has 32 heavy (non-hydrogen) atoms. The molecule has 0 fully saturated rings. The minimum atomic E-state index is -0.821. The van der Waals surface area contributed by atoms with Crippen LogP contribution in [0.4, 0.5) is 0 Å². The van der Waals surface area contributed by atoms with E-state index in [-0.39, 0.29) is 18.3 Å². The maximum Gasteiger partial charge on any atom is 0.329 e. The first-order chi connectivity index (χ1) is 15.4. The van der Waals surface area contributed by atoms with Crippen molar-refractivity contribution in [3.63, 3.8) is 0 Å². The lowest BCUT2D eigenvalue weighted by atomic mass is 10.1. The second kappa shape index (κ2) is 11.0. The number of ether oxygens (including phenoxy) is 1. The van der Waals surface area contributed by atoms with E-state index in [1.54, 1.807) is 36.2 Å². The van der Waals surface area contributed by atoms with Gasteiger partial charge in [0.2, 0.25) is 5.78 Å². The number of aromatic nitrogens is 1. The molecule has 1 amide bonds. The number of nitrogens with one attached hydrogen (secondary N) is 2. The highest BCUT2D eigenvalue weighted by molar-refractivity contribution is 7.98. The first kappa shape index (κ1) is 23.6. The number of H-pyrrole nitrogens is 1. The highest BCUT2D eigenvalue weighted by Gasteiger charge is 2.24. The topological polar surface area (TPSA) is 88.3 Å². The van der Waals surface area contributed by atoms with Gasteiger partial charge in [-0.1, -0.05) is 42.8 Å². The fourth-order valence-electron chi connectivity index (χ4n) is 3.57. The summed E-state index contributed by atoms with van der Waals surface area (Å²) >= 11 is 1.57. The highest BCUT2D eigenvalue weighted by Crippen LogP contribution is 2.22. The minimum Gasteiger partial charge on any atom is -0.456 e. The van der Waals surface area contributed by atoms with Gasteiger partial charge in [-0.2, -0.15) is 11.8 Å². The number of esters is 1. The van der Waals surface area contributed by atoms with E-state index in [4.69, 9.17) is 4.74 Å². The lowest BCUT2D eigenvalue weighted by Crippen LogP contribution is -2.42. The van der Waals surface area contributed by atoms with Gasteiger partial charge in [-0.3, -0.25) is 9.59 Å². The second-order valence-electron chi connectivity index (χ2n) is 7.60.